The molecule has 9 nitrogen and oxygen atoms in total. The fourth-order valence-corrected chi connectivity index (χ4v) is 2.12. The minimum atomic E-state index is -0.681. The number of amides is 2. The third-order valence-corrected chi connectivity index (χ3v) is 3.91. The van der Waals surface area contributed by atoms with E-state index in [4.69, 9.17) is 0 Å². The Morgan fingerprint density at radius 3 is 2.46 bits per heavy atom. The summed E-state index contributed by atoms with van der Waals surface area (Å²) in [6.07, 6.45) is 3.67. The molecule has 0 aliphatic heterocycles. The van der Waals surface area contributed by atoms with Crippen molar-refractivity contribution >= 4 is 17.5 Å². The Labute approximate surface area is 150 Å². The molecular weight excluding hydrogens is 338 g/mol. The Hall–Kier alpha value is -3.23. The molecule has 2 amide bonds. The molecule has 0 spiro atoms. The fraction of sp³-hybridized carbons (Fsp3) is 0.353. The van der Waals surface area contributed by atoms with Gasteiger partial charge in [-0.1, -0.05) is 6.92 Å². The van der Waals surface area contributed by atoms with Crippen LogP contribution in [-0.2, 0) is 4.79 Å². The molecule has 138 valence electrons. The molecule has 2 rings (SSSR count). The smallest absolute Gasteiger partial charge is 0.269 e. The molecule has 26 heavy (non-hydrogen) atoms. The molecule has 0 saturated carbocycles. The summed E-state index contributed by atoms with van der Waals surface area (Å²) in [5, 5.41) is 20.2. The van der Waals surface area contributed by atoms with E-state index < -0.39 is 16.9 Å². The van der Waals surface area contributed by atoms with Crippen LogP contribution in [-0.4, -0.2) is 38.6 Å². The van der Waals surface area contributed by atoms with Crippen molar-refractivity contribution in [2.75, 3.05) is 0 Å². The molecular formula is C17H21N5O4. The van der Waals surface area contributed by atoms with Crippen LogP contribution >= 0.6 is 0 Å². The Bertz CT molecular complexity index is 800. The van der Waals surface area contributed by atoms with Gasteiger partial charge < -0.3 is 10.6 Å². The lowest BCUT2D eigenvalue weighted by Crippen LogP contribution is -2.47. The molecule has 0 bridgehead atoms. The van der Waals surface area contributed by atoms with E-state index in [0.717, 1.165) is 6.42 Å². The number of nitro groups is 1. The van der Waals surface area contributed by atoms with E-state index >= 15 is 0 Å². The molecule has 0 aliphatic rings. The number of carbonyl (C=O) groups is 2. The average Bonchev–Trinajstić information content (AvgIpc) is 3.11. The summed E-state index contributed by atoms with van der Waals surface area (Å²) in [5.74, 6) is -0.680. The van der Waals surface area contributed by atoms with Crippen LogP contribution < -0.4 is 10.6 Å². The third kappa shape index (κ3) is 4.65. The molecule has 0 fully saturated rings. The molecule has 2 aromatic rings. The zero-order chi connectivity index (χ0) is 19.3. The highest BCUT2D eigenvalue weighted by Gasteiger charge is 2.19. The van der Waals surface area contributed by atoms with Gasteiger partial charge in [-0.2, -0.15) is 5.10 Å². The summed E-state index contributed by atoms with van der Waals surface area (Å²) in [5.41, 5.74) is 0.837. The highest BCUT2D eigenvalue weighted by atomic mass is 16.6. The maximum Gasteiger partial charge on any atom is 0.269 e. The second kappa shape index (κ2) is 8.24. The van der Waals surface area contributed by atoms with Gasteiger partial charge in [0.2, 0.25) is 5.91 Å². The van der Waals surface area contributed by atoms with Crippen molar-refractivity contribution in [3.63, 3.8) is 0 Å². The largest absolute Gasteiger partial charge is 0.352 e. The van der Waals surface area contributed by atoms with Crippen molar-refractivity contribution in [1.29, 1.82) is 0 Å². The van der Waals surface area contributed by atoms with Gasteiger partial charge in [0, 0.05) is 24.4 Å². The standard InChI is InChI=1S/C17H21N5O4/c1-4-11(2)19-16(23)12(3)20-17(24)13-9-18-21(10-13)14-5-7-15(8-6-14)22(25)26/h5-12H,4H2,1-3H3,(H,19,23)(H,20,24). The van der Waals surface area contributed by atoms with Crippen molar-refractivity contribution in [2.45, 2.75) is 39.3 Å². The quantitative estimate of drug-likeness (QED) is 0.577. The van der Waals surface area contributed by atoms with Crippen LogP contribution in [0.3, 0.4) is 0 Å². The van der Waals surface area contributed by atoms with Gasteiger partial charge in [0.05, 0.1) is 22.4 Å². The zero-order valence-electron chi connectivity index (χ0n) is 14.8. The minimum Gasteiger partial charge on any atom is -0.352 e. The number of hydrogen-bond donors (Lipinski definition) is 2. The molecule has 0 aliphatic carbocycles. The van der Waals surface area contributed by atoms with Gasteiger partial charge in [-0.15, -0.1) is 0 Å². The number of nitrogens with zero attached hydrogens (tertiary/aromatic N) is 3. The third-order valence-electron chi connectivity index (χ3n) is 3.91. The average molecular weight is 359 g/mol. The summed E-state index contributed by atoms with van der Waals surface area (Å²) < 4.78 is 1.43. The van der Waals surface area contributed by atoms with Crippen LogP contribution in [0.1, 0.15) is 37.6 Å². The number of benzene rings is 1. The van der Waals surface area contributed by atoms with E-state index in [1.807, 2.05) is 13.8 Å². The van der Waals surface area contributed by atoms with E-state index in [-0.39, 0.29) is 23.2 Å². The van der Waals surface area contributed by atoms with Gasteiger partial charge in [-0.05, 0) is 32.4 Å². The second-order valence-electron chi connectivity index (χ2n) is 5.96. The van der Waals surface area contributed by atoms with E-state index in [0.29, 0.717) is 5.69 Å². The first-order valence-corrected chi connectivity index (χ1v) is 8.22. The number of rotatable bonds is 7. The summed E-state index contributed by atoms with van der Waals surface area (Å²) in [6, 6.07) is 5.14. The van der Waals surface area contributed by atoms with Crippen molar-refractivity contribution in [1.82, 2.24) is 20.4 Å². The molecule has 1 heterocycles. The SMILES string of the molecule is CCC(C)NC(=O)C(C)NC(=O)c1cnn(-c2ccc([N+](=O)[O-])cc2)c1. The number of hydrogen-bond acceptors (Lipinski definition) is 5. The Kier molecular flexibility index (Phi) is 6.05. The van der Waals surface area contributed by atoms with E-state index in [9.17, 15) is 19.7 Å². The van der Waals surface area contributed by atoms with Gasteiger partial charge in [-0.3, -0.25) is 19.7 Å². The molecule has 0 radical (unpaired) electrons. The molecule has 1 aromatic carbocycles. The zero-order valence-corrected chi connectivity index (χ0v) is 14.8. The summed E-state index contributed by atoms with van der Waals surface area (Å²) in [6.45, 7) is 5.46. The highest BCUT2D eigenvalue weighted by molar-refractivity contribution is 5.97. The Balaban J connectivity index is 2.03. The number of aromatic nitrogens is 2. The Morgan fingerprint density at radius 1 is 1.23 bits per heavy atom. The maximum atomic E-state index is 12.3. The first-order chi connectivity index (χ1) is 12.3. The van der Waals surface area contributed by atoms with Gasteiger partial charge in [0.15, 0.2) is 0 Å². The number of nitro benzene ring substituents is 1. The molecule has 2 unspecified atom stereocenters. The van der Waals surface area contributed by atoms with Crippen molar-refractivity contribution in [3.8, 4) is 5.69 Å². The van der Waals surface area contributed by atoms with Crippen LogP contribution in [0.25, 0.3) is 5.69 Å². The first-order valence-electron chi connectivity index (χ1n) is 8.22. The number of nitrogens with one attached hydrogen (secondary N) is 2. The lowest BCUT2D eigenvalue weighted by atomic mass is 10.2. The first kappa shape index (κ1) is 19.1. The molecule has 9 heteroatoms. The maximum absolute atomic E-state index is 12.3. The van der Waals surface area contributed by atoms with Gasteiger partial charge in [0.25, 0.3) is 11.6 Å². The van der Waals surface area contributed by atoms with Gasteiger partial charge in [0.1, 0.15) is 6.04 Å². The fourth-order valence-electron chi connectivity index (χ4n) is 2.12. The summed E-state index contributed by atoms with van der Waals surface area (Å²) in [4.78, 5) is 34.5. The van der Waals surface area contributed by atoms with Crippen molar-refractivity contribution in [3.05, 3.63) is 52.3 Å². The monoisotopic (exact) mass is 359 g/mol. The van der Waals surface area contributed by atoms with Crippen LogP contribution in [0.5, 0.6) is 0 Å². The van der Waals surface area contributed by atoms with Crippen LogP contribution in [0, 0.1) is 10.1 Å². The summed E-state index contributed by atoms with van der Waals surface area (Å²) in [7, 11) is 0. The molecule has 0 saturated heterocycles. The predicted octanol–water partition coefficient (Wildman–Crippen LogP) is 1.81. The molecule has 2 N–H and O–H groups in total. The topological polar surface area (TPSA) is 119 Å². The van der Waals surface area contributed by atoms with Crippen LogP contribution in [0.4, 0.5) is 5.69 Å². The van der Waals surface area contributed by atoms with E-state index in [1.165, 1.54) is 41.3 Å². The minimum absolute atomic E-state index is 0.0278. The van der Waals surface area contributed by atoms with E-state index in [1.54, 1.807) is 6.92 Å². The highest BCUT2D eigenvalue weighted by Crippen LogP contribution is 2.15. The van der Waals surface area contributed by atoms with E-state index in [2.05, 4.69) is 15.7 Å². The van der Waals surface area contributed by atoms with Crippen LogP contribution in [0.15, 0.2) is 36.7 Å². The van der Waals surface area contributed by atoms with Crippen molar-refractivity contribution < 1.29 is 14.5 Å². The summed E-state index contributed by atoms with van der Waals surface area (Å²) >= 11 is 0. The lowest BCUT2D eigenvalue weighted by molar-refractivity contribution is -0.384. The lowest BCUT2D eigenvalue weighted by Gasteiger charge is -2.17. The molecule has 2 atom stereocenters. The van der Waals surface area contributed by atoms with Gasteiger partial charge >= 0.3 is 0 Å². The molecule has 1 aromatic heterocycles. The predicted molar refractivity (Wildman–Crippen MR) is 95.0 cm³/mol. The van der Waals surface area contributed by atoms with Gasteiger partial charge in [-0.25, -0.2) is 4.68 Å². The number of non-ortho nitro benzene ring substituents is 1. The Morgan fingerprint density at radius 2 is 1.88 bits per heavy atom. The number of carbonyl (C=O) groups excluding carboxylic acids is 2. The second-order valence-corrected chi connectivity index (χ2v) is 5.96. The van der Waals surface area contributed by atoms with Crippen molar-refractivity contribution in [2.24, 2.45) is 0 Å². The normalized spacial score (nSPS) is 12.9. The van der Waals surface area contributed by atoms with Crippen LogP contribution in [0.2, 0.25) is 0 Å².